The van der Waals surface area contributed by atoms with Gasteiger partial charge in [0.1, 0.15) is 0 Å². The summed E-state index contributed by atoms with van der Waals surface area (Å²) in [4.78, 5) is 12.4. The lowest BCUT2D eigenvalue weighted by molar-refractivity contribution is -0.123. The van der Waals surface area contributed by atoms with Crippen molar-refractivity contribution in [2.24, 2.45) is 5.41 Å². The Hall–Kier alpha value is -1.56. The van der Waals surface area contributed by atoms with Crippen LogP contribution in [-0.2, 0) is 14.8 Å². The van der Waals surface area contributed by atoms with E-state index in [1.54, 1.807) is 0 Å². The van der Waals surface area contributed by atoms with E-state index in [0.717, 1.165) is 12.0 Å². The number of hydrogen-bond acceptors (Lipinski definition) is 3. The SMILES string of the molecule is CC(C)c1ccc(N(CCCC(=O)NC(C)(C)CC(C)(C)C)S(C)(=O)=O)cc1. The minimum absolute atomic E-state index is 0.0437. The number of anilines is 1. The number of rotatable bonds is 9. The number of hydrogen-bond donors (Lipinski definition) is 1. The van der Waals surface area contributed by atoms with Crippen LogP contribution in [0.4, 0.5) is 5.69 Å². The summed E-state index contributed by atoms with van der Waals surface area (Å²) in [6.45, 7) is 15.0. The predicted octanol–water partition coefficient (Wildman–Crippen LogP) is 4.69. The van der Waals surface area contributed by atoms with Gasteiger partial charge < -0.3 is 5.32 Å². The van der Waals surface area contributed by atoms with Crippen molar-refractivity contribution in [3.8, 4) is 0 Å². The van der Waals surface area contributed by atoms with Crippen LogP contribution in [0, 0.1) is 5.41 Å². The summed E-state index contributed by atoms with van der Waals surface area (Å²) in [7, 11) is -3.41. The van der Waals surface area contributed by atoms with Crippen molar-refractivity contribution < 1.29 is 13.2 Å². The predicted molar refractivity (Wildman–Crippen MR) is 118 cm³/mol. The first kappa shape index (κ1) is 24.5. The largest absolute Gasteiger partial charge is 0.351 e. The average Bonchev–Trinajstić information content (AvgIpc) is 2.47. The van der Waals surface area contributed by atoms with Crippen molar-refractivity contribution >= 4 is 21.6 Å². The lowest BCUT2D eigenvalue weighted by atomic mass is 9.82. The molecule has 1 rings (SSSR count). The second-order valence-corrected chi connectivity index (χ2v) is 11.8. The fourth-order valence-electron chi connectivity index (χ4n) is 3.71. The topological polar surface area (TPSA) is 66.5 Å². The molecule has 0 radical (unpaired) electrons. The van der Waals surface area contributed by atoms with Crippen molar-refractivity contribution in [2.45, 2.75) is 79.2 Å². The van der Waals surface area contributed by atoms with E-state index in [-0.39, 0.29) is 23.4 Å². The summed E-state index contributed by atoms with van der Waals surface area (Å²) >= 11 is 0. The van der Waals surface area contributed by atoms with Crippen LogP contribution in [0.2, 0.25) is 0 Å². The van der Waals surface area contributed by atoms with Gasteiger partial charge in [0, 0.05) is 18.5 Å². The average molecular weight is 411 g/mol. The van der Waals surface area contributed by atoms with E-state index in [2.05, 4.69) is 39.9 Å². The third-order valence-electron chi connectivity index (χ3n) is 4.46. The van der Waals surface area contributed by atoms with Gasteiger partial charge in [0.25, 0.3) is 0 Å². The third-order valence-corrected chi connectivity index (χ3v) is 5.66. The Morgan fingerprint density at radius 2 is 1.61 bits per heavy atom. The molecule has 0 spiro atoms. The van der Waals surface area contributed by atoms with Gasteiger partial charge >= 0.3 is 0 Å². The lowest BCUT2D eigenvalue weighted by Crippen LogP contribution is -2.46. The second-order valence-electron chi connectivity index (χ2n) is 9.85. The van der Waals surface area contributed by atoms with Crippen LogP contribution in [0.15, 0.2) is 24.3 Å². The maximum absolute atomic E-state index is 12.4. The van der Waals surface area contributed by atoms with Crippen molar-refractivity contribution in [1.82, 2.24) is 5.32 Å². The number of nitrogens with zero attached hydrogens (tertiary/aromatic N) is 1. The number of sulfonamides is 1. The highest BCUT2D eigenvalue weighted by Gasteiger charge is 2.27. The molecule has 0 heterocycles. The number of benzene rings is 1. The van der Waals surface area contributed by atoms with Crippen LogP contribution in [0.25, 0.3) is 0 Å². The molecule has 0 saturated heterocycles. The Labute approximate surface area is 172 Å². The fraction of sp³-hybridized carbons (Fsp3) is 0.682. The van der Waals surface area contributed by atoms with Crippen LogP contribution >= 0.6 is 0 Å². The summed E-state index contributed by atoms with van der Waals surface area (Å²) in [5, 5.41) is 3.08. The molecule has 0 unspecified atom stereocenters. The van der Waals surface area contributed by atoms with Crippen molar-refractivity contribution in [3.05, 3.63) is 29.8 Å². The first-order chi connectivity index (χ1) is 12.6. The molecule has 0 atom stereocenters. The van der Waals surface area contributed by atoms with Crippen molar-refractivity contribution in [2.75, 3.05) is 17.1 Å². The lowest BCUT2D eigenvalue weighted by Gasteiger charge is -2.33. The molecule has 0 fully saturated rings. The van der Waals surface area contributed by atoms with E-state index in [1.165, 1.54) is 10.6 Å². The van der Waals surface area contributed by atoms with Gasteiger partial charge in [0.2, 0.25) is 15.9 Å². The molecule has 0 bridgehead atoms. The quantitative estimate of drug-likeness (QED) is 0.642. The summed E-state index contributed by atoms with van der Waals surface area (Å²) in [6.07, 6.45) is 2.83. The number of nitrogens with one attached hydrogen (secondary N) is 1. The Bertz CT molecular complexity index is 745. The Kier molecular flexibility index (Phi) is 8.12. The molecule has 1 amide bonds. The fourth-order valence-corrected chi connectivity index (χ4v) is 4.67. The number of carbonyl (C=O) groups excluding carboxylic acids is 1. The van der Waals surface area contributed by atoms with Crippen LogP contribution in [0.5, 0.6) is 0 Å². The molecule has 0 saturated carbocycles. The van der Waals surface area contributed by atoms with E-state index < -0.39 is 10.0 Å². The molecule has 160 valence electrons. The second kappa shape index (κ2) is 9.29. The molecule has 0 aliphatic heterocycles. The van der Waals surface area contributed by atoms with Gasteiger partial charge in [-0.15, -0.1) is 0 Å². The highest BCUT2D eigenvalue weighted by molar-refractivity contribution is 7.92. The molecular weight excluding hydrogens is 372 g/mol. The number of carbonyl (C=O) groups is 1. The molecule has 0 aliphatic carbocycles. The minimum atomic E-state index is -3.41. The maximum Gasteiger partial charge on any atom is 0.232 e. The molecule has 1 aromatic rings. The highest BCUT2D eigenvalue weighted by Crippen LogP contribution is 2.27. The van der Waals surface area contributed by atoms with E-state index in [0.29, 0.717) is 24.4 Å². The minimum Gasteiger partial charge on any atom is -0.351 e. The van der Waals surface area contributed by atoms with Gasteiger partial charge in [0.15, 0.2) is 0 Å². The zero-order chi connectivity index (χ0) is 21.8. The van der Waals surface area contributed by atoms with Gasteiger partial charge in [-0.2, -0.15) is 0 Å². The first-order valence-corrected chi connectivity index (χ1v) is 11.8. The molecule has 0 aliphatic rings. The van der Waals surface area contributed by atoms with Gasteiger partial charge in [-0.05, 0) is 55.7 Å². The summed E-state index contributed by atoms with van der Waals surface area (Å²) < 4.78 is 25.9. The molecule has 5 nitrogen and oxygen atoms in total. The Balaban J connectivity index is 2.71. The van der Waals surface area contributed by atoms with Crippen LogP contribution in [-0.4, -0.2) is 32.7 Å². The molecule has 6 heteroatoms. The Morgan fingerprint density at radius 1 is 1.07 bits per heavy atom. The summed E-state index contributed by atoms with van der Waals surface area (Å²) in [5.74, 6) is 0.346. The molecule has 28 heavy (non-hydrogen) atoms. The standard InChI is InChI=1S/C22H38N2O3S/c1-17(2)18-11-13-19(14-12-18)24(28(8,26)27)15-9-10-20(25)23-22(6,7)16-21(3,4)5/h11-14,17H,9-10,15-16H2,1-8H3,(H,23,25). The first-order valence-electron chi connectivity index (χ1n) is 9.99. The highest BCUT2D eigenvalue weighted by atomic mass is 32.2. The van der Waals surface area contributed by atoms with Crippen molar-refractivity contribution in [3.63, 3.8) is 0 Å². The summed E-state index contributed by atoms with van der Waals surface area (Å²) in [5.41, 5.74) is 1.63. The van der Waals surface area contributed by atoms with E-state index >= 15 is 0 Å². The van der Waals surface area contributed by atoms with Crippen LogP contribution < -0.4 is 9.62 Å². The zero-order valence-electron chi connectivity index (χ0n) is 18.8. The summed E-state index contributed by atoms with van der Waals surface area (Å²) in [6, 6.07) is 7.59. The number of amides is 1. The molecule has 1 aromatic carbocycles. The van der Waals surface area contributed by atoms with E-state index in [9.17, 15) is 13.2 Å². The van der Waals surface area contributed by atoms with Gasteiger partial charge in [-0.3, -0.25) is 9.10 Å². The van der Waals surface area contributed by atoms with E-state index in [1.807, 2.05) is 38.1 Å². The normalized spacial score (nSPS) is 12.9. The van der Waals surface area contributed by atoms with Gasteiger partial charge in [0.05, 0.1) is 11.9 Å². The van der Waals surface area contributed by atoms with Gasteiger partial charge in [-0.25, -0.2) is 8.42 Å². The monoisotopic (exact) mass is 410 g/mol. The van der Waals surface area contributed by atoms with Crippen LogP contribution in [0.3, 0.4) is 0 Å². The Morgan fingerprint density at radius 3 is 2.04 bits per heavy atom. The molecule has 0 aromatic heterocycles. The zero-order valence-corrected chi connectivity index (χ0v) is 19.6. The smallest absolute Gasteiger partial charge is 0.232 e. The molecular formula is C22H38N2O3S. The molecule has 1 N–H and O–H groups in total. The van der Waals surface area contributed by atoms with Gasteiger partial charge in [-0.1, -0.05) is 46.8 Å². The third kappa shape index (κ3) is 8.63. The van der Waals surface area contributed by atoms with Crippen LogP contribution in [0.1, 0.15) is 79.2 Å². The maximum atomic E-state index is 12.4. The van der Waals surface area contributed by atoms with E-state index in [4.69, 9.17) is 0 Å². The van der Waals surface area contributed by atoms with Crippen molar-refractivity contribution in [1.29, 1.82) is 0 Å².